The van der Waals surface area contributed by atoms with Crippen molar-refractivity contribution in [2.24, 2.45) is 19.8 Å². The predicted molar refractivity (Wildman–Crippen MR) is 327 cm³/mol. The van der Waals surface area contributed by atoms with Gasteiger partial charge in [-0.2, -0.15) is 0 Å². The van der Waals surface area contributed by atoms with Crippen LogP contribution in [0.3, 0.4) is 0 Å². The van der Waals surface area contributed by atoms with Gasteiger partial charge in [-0.25, -0.2) is 51.1 Å². The van der Waals surface area contributed by atoms with Crippen LogP contribution in [0, 0.1) is 18.6 Å². The number of benzene rings is 1. The second-order valence-corrected chi connectivity index (χ2v) is 23.2. The Morgan fingerprint density at radius 2 is 1.23 bits per heavy atom. The first-order valence-electron chi connectivity index (χ1n) is 28.1. The number of nitrogens with two attached hydrogens (primary N) is 1. The zero-order valence-electron chi connectivity index (χ0n) is 49.8. The van der Waals surface area contributed by atoms with Crippen LogP contribution in [0.2, 0.25) is 5.15 Å². The fraction of sp³-hybridized carbons (Fsp3) is 0.379. The maximum Gasteiger partial charge on any atom is 0.268 e. The summed E-state index contributed by atoms with van der Waals surface area (Å²) in [5.41, 5.74) is 9.85. The third kappa shape index (κ3) is 14.2. The Kier molecular flexibility index (Phi) is 19.9. The smallest absolute Gasteiger partial charge is 0.268 e. The molecule has 3 aliphatic rings. The second kappa shape index (κ2) is 27.4. The van der Waals surface area contributed by atoms with E-state index in [1.165, 1.54) is 43.4 Å². The Morgan fingerprint density at radius 3 is 1.77 bits per heavy atom. The minimum Gasteiger partial charge on any atom is -0.478 e. The highest BCUT2D eigenvalue weighted by Gasteiger charge is 2.31. The molecule has 5 N–H and O–H groups in total. The predicted octanol–water partition coefficient (Wildman–Crippen LogP) is 6.26. The number of carbonyl (C=O) groups excluding carboxylic acids is 2. The summed E-state index contributed by atoms with van der Waals surface area (Å²) < 4.78 is 71.7. The lowest BCUT2D eigenvalue weighted by Crippen LogP contribution is -2.53. The number of fused-ring (bicyclic) bond motifs is 2. The fourth-order valence-corrected chi connectivity index (χ4v) is 12.2. The van der Waals surface area contributed by atoms with Crippen molar-refractivity contribution in [1.82, 2.24) is 73.0 Å². The van der Waals surface area contributed by atoms with E-state index in [-0.39, 0.29) is 68.3 Å². The Balaban J connectivity index is 0.000000173. The van der Waals surface area contributed by atoms with Crippen molar-refractivity contribution < 1.29 is 36.3 Å². The monoisotopic (exact) mass is 1230 g/mol. The number of methoxy groups -OCH3 is 2. The van der Waals surface area contributed by atoms with E-state index in [2.05, 4.69) is 89.7 Å². The first-order valence-corrected chi connectivity index (χ1v) is 29.9. The molecule has 1 aliphatic carbocycles. The number of amides is 2. The van der Waals surface area contributed by atoms with Gasteiger partial charge in [0.1, 0.15) is 34.1 Å². The molecule has 7 aromatic heterocycles. The van der Waals surface area contributed by atoms with Gasteiger partial charge in [-0.15, -0.1) is 10.2 Å². The van der Waals surface area contributed by atoms with E-state index in [0.29, 0.717) is 52.8 Å². The van der Waals surface area contributed by atoms with E-state index in [4.69, 9.17) is 26.8 Å². The molecule has 0 radical (unpaired) electrons. The fourth-order valence-electron chi connectivity index (χ4n) is 10.5. The van der Waals surface area contributed by atoms with E-state index in [0.717, 1.165) is 91.8 Å². The van der Waals surface area contributed by atoms with Gasteiger partial charge in [-0.1, -0.05) is 49.2 Å². The Bertz CT molecular complexity index is 3920. The summed E-state index contributed by atoms with van der Waals surface area (Å²) in [7, 11) is 6.57. The lowest BCUT2D eigenvalue weighted by molar-refractivity contribution is -0.124. The maximum absolute atomic E-state index is 15.0. The molecule has 8 aromatic rings. The van der Waals surface area contributed by atoms with Crippen molar-refractivity contribution >= 4 is 79.0 Å². The van der Waals surface area contributed by atoms with Crippen LogP contribution in [0.15, 0.2) is 90.7 Å². The zero-order chi connectivity index (χ0) is 62.3. The summed E-state index contributed by atoms with van der Waals surface area (Å²) in [4.78, 5) is 58.7. The number of halogens is 3. The number of aromatic nitrogens is 11. The normalized spacial score (nSPS) is 15.5. The van der Waals surface area contributed by atoms with E-state index in [1.807, 2.05) is 32.9 Å². The Morgan fingerprint density at radius 1 is 0.701 bits per heavy atom. The minimum absolute atomic E-state index is 0.0469. The summed E-state index contributed by atoms with van der Waals surface area (Å²) in [6.45, 7) is 13.4. The SMILES string of the molecule is CCC(C(=O)Nc1nccc2c1CC=C2c1nc(Nc2cn(C)nc2OC)ncc1F)N1CCN(C)CC1.CCC(C(N)=O)N1CCN(C)CC1.COc1nn(C)cc1Nc1ncc(F)c(-c2cn(S(=O)(=O)c3ccc(C)cc3)c3c(Cl)nccc23)n1. The summed E-state index contributed by atoms with van der Waals surface area (Å²) in [6.07, 6.45) is 13.8. The van der Waals surface area contributed by atoms with E-state index >= 15 is 4.39 Å². The van der Waals surface area contributed by atoms with Gasteiger partial charge in [0.05, 0.1) is 56.0 Å². The Labute approximate surface area is 507 Å². The third-order valence-corrected chi connectivity index (χ3v) is 17.1. The van der Waals surface area contributed by atoms with Crippen LogP contribution in [0.25, 0.3) is 27.7 Å². The van der Waals surface area contributed by atoms with E-state index in [1.54, 1.807) is 55.6 Å². The zero-order valence-corrected chi connectivity index (χ0v) is 51.4. The van der Waals surface area contributed by atoms with Crippen LogP contribution in [-0.4, -0.2) is 186 Å². The van der Waals surface area contributed by atoms with Gasteiger partial charge in [-0.3, -0.25) is 28.8 Å². The van der Waals surface area contributed by atoms with Crippen molar-refractivity contribution in [1.29, 1.82) is 0 Å². The topological polar surface area (TPSA) is 280 Å². The van der Waals surface area contributed by atoms with Gasteiger partial charge < -0.3 is 41.0 Å². The molecule has 2 fully saturated rings. The number of carbonyl (C=O) groups is 2. The number of likely N-dealkylation sites (N-methyl/N-ethyl adjacent to an activating group) is 2. The number of nitrogens with one attached hydrogen (secondary N) is 3. The molecule has 0 spiro atoms. The van der Waals surface area contributed by atoms with Gasteiger partial charge in [0.15, 0.2) is 16.8 Å². The molecule has 2 amide bonds. The van der Waals surface area contributed by atoms with Gasteiger partial charge >= 0.3 is 0 Å². The number of ether oxygens (including phenoxy) is 2. The van der Waals surface area contributed by atoms with Crippen LogP contribution < -0.4 is 31.2 Å². The highest BCUT2D eigenvalue weighted by atomic mass is 35.5. The van der Waals surface area contributed by atoms with Crippen LogP contribution in [0.5, 0.6) is 11.8 Å². The lowest BCUT2D eigenvalue weighted by atomic mass is 10.0. The molecule has 29 heteroatoms. The molecule has 11 rings (SSSR count). The average molecular weight is 1230 g/mol. The van der Waals surface area contributed by atoms with Crippen LogP contribution in [-0.2, 0) is 40.1 Å². The summed E-state index contributed by atoms with van der Waals surface area (Å²) in [6, 6.07) is 9.45. The summed E-state index contributed by atoms with van der Waals surface area (Å²) in [5, 5.41) is 17.7. The highest BCUT2D eigenvalue weighted by Crippen LogP contribution is 2.39. The number of hydrogen-bond acceptors (Lipinski definition) is 20. The van der Waals surface area contributed by atoms with E-state index in [9.17, 15) is 22.4 Å². The largest absolute Gasteiger partial charge is 0.478 e. The van der Waals surface area contributed by atoms with Crippen LogP contribution in [0.1, 0.15) is 49.1 Å². The van der Waals surface area contributed by atoms with Crippen molar-refractivity contribution in [2.75, 3.05) is 96.6 Å². The lowest BCUT2D eigenvalue weighted by Gasteiger charge is -2.36. The van der Waals surface area contributed by atoms with Gasteiger partial charge in [0.25, 0.3) is 21.8 Å². The quantitative estimate of drug-likeness (QED) is 0.0732. The minimum atomic E-state index is -4.09. The molecular weight excluding hydrogens is 1160 g/mol. The number of rotatable bonds is 17. The number of anilines is 5. The standard InChI is InChI=1S/C26H32FN9O2.C23H19ClFN7O3S.C9H19N3O/c1-5-21(36-12-10-34(2)11-13-36)24(37)32-23-18-7-6-17(16(18)8-9-28-23)22-19(27)14-29-26(31-22)30-20-15-35(3)33-25(20)38-4;1-13-4-6-14(7-5-13)36(33,34)32-11-16(15-8-9-26-21(24)20(15)32)19-17(25)10-27-23(29-19)28-18-12-31(2)30-22(18)35-3;1-3-8(9(10)13)12-6-4-11(2)5-7-12/h6,8-9,14-15,21H,5,7,10-13H2,1-4H3,(H,28,32,37)(H,29,30,31);4-12H,1-3H3,(H,27,28,29);8H,3-7H2,1-2H3,(H2,10,13). The number of nitrogens with zero attached hydrogens (tertiary/aromatic N) is 15. The van der Waals surface area contributed by atoms with Crippen molar-refractivity contribution in [3.8, 4) is 23.0 Å². The average Bonchev–Trinajstić information content (AvgIpc) is 1.67. The molecule has 2 atom stereocenters. The van der Waals surface area contributed by atoms with Crippen molar-refractivity contribution in [3.05, 3.63) is 125 Å². The maximum atomic E-state index is 15.0. The number of aryl methyl sites for hydroxylation is 3. The summed E-state index contributed by atoms with van der Waals surface area (Å²) >= 11 is 6.34. The molecule has 9 heterocycles. The first kappa shape index (κ1) is 63.0. The molecular formula is C58H70ClF2N19O6S. The number of hydrogen-bond donors (Lipinski definition) is 4. The van der Waals surface area contributed by atoms with Gasteiger partial charge in [0.2, 0.25) is 23.7 Å². The number of allylic oxidation sites excluding steroid dienone is 1. The van der Waals surface area contributed by atoms with Crippen molar-refractivity contribution in [2.45, 2.75) is 57.0 Å². The van der Waals surface area contributed by atoms with Crippen LogP contribution >= 0.6 is 11.6 Å². The molecule has 0 bridgehead atoms. The van der Waals surface area contributed by atoms with Gasteiger partial charge in [-0.05, 0) is 70.1 Å². The molecule has 0 saturated carbocycles. The molecule has 2 saturated heterocycles. The molecule has 460 valence electrons. The molecule has 87 heavy (non-hydrogen) atoms. The number of pyridine rings is 2. The summed E-state index contributed by atoms with van der Waals surface area (Å²) in [5.74, 6) is -0.119. The second-order valence-electron chi connectivity index (χ2n) is 21.1. The van der Waals surface area contributed by atoms with E-state index < -0.39 is 21.7 Å². The molecule has 2 unspecified atom stereocenters. The molecule has 2 aliphatic heterocycles. The van der Waals surface area contributed by atoms with Crippen molar-refractivity contribution in [3.63, 3.8) is 0 Å². The number of primary amides is 1. The third-order valence-electron chi connectivity index (χ3n) is 15.1. The molecule has 25 nitrogen and oxygen atoms in total. The Hall–Kier alpha value is -8.54. The highest BCUT2D eigenvalue weighted by molar-refractivity contribution is 7.90. The number of piperazine rings is 2. The first-order chi connectivity index (χ1) is 41.7. The van der Waals surface area contributed by atoms with Gasteiger partial charge in [0, 0.05) is 107 Å². The molecule has 1 aromatic carbocycles. The van der Waals surface area contributed by atoms with Crippen LogP contribution in [0.4, 0.5) is 37.9 Å².